The van der Waals surface area contributed by atoms with Crippen LogP contribution < -0.4 is 0 Å². The number of rotatable bonds is 2. The van der Waals surface area contributed by atoms with Gasteiger partial charge in [-0.25, -0.2) is 0 Å². The van der Waals surface area contributed by atoms with Gasteiger partial charge < -0.3 is 9.84 Å². The van der Waals surface area contributed by atoms with Gasteiger partial charge in [-0.15, -0.1) is 0 Å². The molecule has 1 N–H and O–H groups in total. The van der Waals surface area contributed by atoms with Crippen molar-refractivity contribution in [2.24, 2.45) is 5.92 Å². The molecule has 0 radical (unpaired) electrons. The van der Waals surface area contributed by atoms with Crippen LogP contribution in [0.15, 0.2) is 0 Å². The summed E-state index contributed by atoms with van der Waals surface area (Å²) in [6, 6.07) is 0. The van der Waals surface area contributed by atoms with Gasteiger partial charge >= 0.3 is 0 Å². The Balaban J connectivity index is 1.52. The molecular formula is C16H28O2. The fourth-order valence-corrected chi connectivity index (χ4v) is 4.43. The second-order valence-electron chi connectivity index (χ2n) is 6.87. The molecule has 18 heavy (non-hydrogen) atoms. The molecule has 1 heterocycles. The van der Waals surface area contributed by atoms with E-state index in [1.807, 2.05) is 0 Å². The van der Waals surface area contributed by atoms with Crippen molar-refractivity contribution in [2.75, 3.05) is 0 Å². The van der Waals surface area contributed by atoms with Gasteiger partial charge in [-0.1, -0.05) is 32.1 Å². The standard InChI is InChI=1S/C16H28O2/c17-15-7-3-2-6-13(15)12-14-8-11-16(18-14)9-4-1-5-10-16/h13-15,17H,1-12H2. The molecule has 3 aliphatic rings. The van der Waals surface area contributed by atoms with E-state index >= 15 is 0 Å². The Labute approximate surface area is 111 Å². The predicted octanol–water partition coefficient (Wildman–Crippen LogP) is 3.81. The van der Waals surface area contributed by atoms with E-state index in [0.717, 1.165) is 12.8 Å². The molecular weight excluding hydrogens is 224 g/mol. The van der Waals surface area contributed by atoms with Crippen LogP contribution >= 0.6 is 0 Å². The summed E-state index contributed by atoms with van der Waals surface area (Å²) in [7, 11) is 0. The number of hydrogen-bond donors (Lipinski definition) is 1. The Morgan fingerprint density at radius 2 is 1.67 bits per heavy atom. The van der Waals surface area contributed by atoms with E-state index in [1.54, 1.807) is 0 Å². The molecule has 2 aliphatic carbocycles. The summed E-state index contributed by atoms with van der Waals surface area (Å²) in [6.07, 6.45) is 15.5. The van der Waals surface area contributed by atoms with Gasteiger partial charge in [-0.05, 0) is 50.9 Å². The van der Waals surface area contributed by atoms with Crippen molar-refractivity contribution in [3.8, 4) is 0 Å². The maximum atomic E-state index is 10.1. The van der Waals surface area contributed by atoms with E-state index in [9.17, 15) is 5.11 Å². The third-order valence-corrected chi connectivity index (χ3v) is 5.54. The van der Waals surface area contributed by atoms with Crippen LogP contribution in [0.4, 0.5) is 0 Å². The van der Waals surface area contributed by atoms with E-state index in [-0.39, 0.29) is 11.7 Å². The highest BCUT2D eigenvalue weighted by Gasteiger charge is 2.41. The van der Waals surface area contributed by atoms with Gasteiger partial charge in [-0.2, -0.15) is 0 Å². The summed E-state index contributed by atoms with van der Waals surface area (Å²) in [4.78, 5) is 0. The van der Waals surface area contributed by atoms with Gasteiger partial charge in [0.2, 0.25) is 0 Å². The SMILES string of the molecule is OC1CCCCC1CC1CCC2(CCCCC2)O1. The predicted molar refractivity (Wildman–Crippen MR) is 72.5 cm³/mol. The zero-order valence-electron chi connectivity index (χ0n) is 11.6. The largest absolute Gasteiger partial charge is 0.393 e. The second kappa shape index (κ2) is 5.50. The van der Waals surface area contributed by atoms with Gasteiger partial charge in [0.05, 0.1) is 17.8 Å². The highest BCUT2D eigenvalue weighted by atomic mass is 16.5. The zero-order valence-corrected chi connectivity index (χ0v) is 11.6. The van der Waals surface area contributed by atoms with Gasteiger partial charge in [0, 0.05) is 0 Å². The van der Waals surface area contributed by atoms with Crippen LogP contribution in [-0.4, -0.2) is 22.9 Å². The lowest BCUT2D eigenvalue weighted by atomic mass is 9.81. The minimum Gasteiger partial charge on any atom is -0.393 e. The van der Waals surface area contributed by atoms with Gasteiger partial charge in [-0.3, -0.25) is 0 Å². The Hall–Kier alpha value is -0.0800. The molecule has 2 heteroatoms. The first-order valence-corrected chi connectivity index (χ1v) is 8.13. The fourth-order valence-electron chi connectivity index (χ4n) is 4.43. The van der Waals surface area contributed by atoms with E-state index in [4.69, 9.17) is 4.74 Å². The van der Waals surface area contributed by atoms with Crippen molar-refractivity contribution in [3.05, 3.63) is 0 Å². The van der Waals surface area contributed by atoms with Crippen LogP contribution in [0.1, 0.15) is 77.0 Å². The molecule has 3 unspecified atom stereocenters. The van der Waals surface area contributed by atoms with Gasteiger partial charge in [0.15, 0.2) is 0 Å². The zero-order chi connectivity index (χ0) is 12.4. The first-order chi connectivity index (χ1) is 8.77. The lowest BCUT2D eigenvalue weighted by molar-refractivity contribution is -0.0779. The third-order valence-electron chi connectivity index (χ3n) is 5.54. The van der Waals surface area contributed by atoms with Gasteiger partial charge in [0.1, 0.15) is 0 Å². The van der Waals surface area contributed by atoms with E-state index in [1.165, 1.54) is 64.2 Å². The van der Waals surface area contributed by atoms with Crippen molar-refractivity contribution in [3.63, 3.8) is 0 Å². The van der Waals surface area contributed by atoms with E-state index < -0.39 is 0 Å². The van der Waals surface area contributed by atoms with Crippen LogP contribution in [0.5, 0.6) is 0 Å². The highest BCUT2D eigenvalue weighted by molar-refractivity contribution is 4.92. The summed E-state index contributed by atoms with van der Waals surface area (Å²) in [5.41, 5.74) is 0.253. The Morgan fingerprint density at radius 3 is 2.44 bits per heavy atom. The molecule has 2 saturated carbocycles. The van der Waals surface area contributed by atoms with Crippen molar-refractivity contribution in [2.45, 2.75) is 94.9 Å². The van der Waals surface area contributed by atoms with Crippen LogP contribution in [0, 0.1) is 5.92 Å². The molecule has 104 valence electrons. The van der Waals surface area contributed by atoms with Crippen LogP contribution in [-0.2, 0) is 4.74 Å². The third kappa shape index (κ3) is 2.75. The minimum atomic E-state index is -0.0507. The number of hydrogen-bond acceptors (Lipinski definition) is 2. The summed E-state index contributed by atoms with van der Waals surface area (Å²) in [5.74, 6) is 0.516. The Bertz CT molecular complexity index is 270. The average molecular weight is 252 g/mol. The van der Waals surface area contributed by atoms with Crippen molar-refractivity contribution in [1.82, 2.24) is 0 Å². The topological polar surface area (TPSA) is 29.5 Å². The average Bonchev–Trinajstić information content (AvgIpc) is 2.76. The normalized spacial score (nSPS) is 40.2. The number of aliphatic hydroxyl groups is 1. The lowest BCUT2D eigenvalue weighted by Gasteiger charge is -2.35. The summed E-state index contributed by atoms with van der Waals surface area (Å²) in [5, 5.41) is 10.1. The molecule has 0 aromatic rings. The monoisotopic (exact) mass is 252 g/mol. The van der Waals surface area contributed by atoms with E-state index in [0.29, 0.717) is 12.0 Å². The number of ether oxygens (including phenoxy) is 1. The molecule has 2 nitrogen and oxygen atoms in total. The fraction of sp³-hybridized carbons (Fsp3) is 1.00. The Kier molecular flexibility index (Phi) is 3.95. The van der Waals surface area contributed by atoms with Crippen molar-refractivity contribution >= 4 is 0 Å². The molecule has 1 aliphatic heterocycles. The smallest absolute Gasteiger partial charge is 0.0687 e. The maximum Gasteiger partial charge on any atom is 0.0687 e. The lowest BCUT2D eigenvalue weighted by Crippen LogP contribution is -2.33. The minimum absolute atomic E-state index is 0.0507. The summed E-state index contributed by atoms with van der Waals surface area (Å²) >= 11 is 0. The first-order valence-electron chi connectivity index (χ1n) is 8.13. The van der Waals surface area contributed by atoms with Crippen LogP contribution in [0.2, 0.25) is 0 Å². The second-order valence-corrected chi connectivity index (χ2v) is 6.87. The molecule has 0 amide bonds. The molecule has 1 saturated heterocycles. The number of aliphatic hydroxyl groups excluding tert-OH is 1. The molecule has 3 rings (SSSR count). The molecule has 1 spiro atoms. The molecule has 0 aromatic carbocycles. The first kappa shape index (κ1) is 12.9. The molecule has 3 atom stereocenters. The molecule has 3 fully saturated rings. The van der Waals surface area contributed by atoms with Crippen molar-refractivity contribution in [1.29, 1.82) is 0 Å². The van der Waals surface area contributed by atoms with Gasteiger partial charge in [0.25, 0.3) is 0 Å². The maximum absolute atomic E-state index is 10.1. The highest BCUT2D eigenvalue weighted by Crippen LogP contribution is 2.44. The Morgan fingerprint density at radius 1 is 0.889 bits per heavy atom. The van der Waals surface area contributed by atoms with Crippen LogP contribution in [0.3, 0.4) is 0 Å². The van der Waals surface area contributed by atoms with Crippen molar-refractivity contribution < 1.29 is 9.84 Å². The summed E-state index contributed by atoms with van der Waals surface area (Å²) < 4.78 is 6.43. The quantitative estimate of drug-likeness (QED) is 0.810. The molecule has 0 aromatic heterocycles. The molecule has 0 bridgehead atoms. The van der Waals surface area contributed by atoms with E-state index in [2.05, 4.69) is 0 Å². The summed E-state index contributed by atoms with van der Waals surface area (Å²) in [6.45, 7) is 0. The van der Waals surface area contributed by atoms with Crippen LogP contribution in [0.25, 0.3) is 0 Å².